The first kappa shape index (κ1) is 29.0. The number of nitrogens with one attached hydrogen (secondary N) is 2. The van der Waals surface area contributed by atoms with Crippen LogP contribution in [0.2, 0.25) is 10.0 Å². The molecule has 1 heterocycles. The van der Waals surface area contributed by atoms with Crippen molar-refractivity contribution in [1.29, 1.82) is 0 Å². The average Bonchev–Trinajstić information content (AvgIpc) is 3.15. The summed E-state index contributed by atoms with van der Waals surface area (Å²) in [5.74, 6) is -0.836. The van der Waals surface area contributed by atoms with Gasteiger partial charge in [-0.3, -0.25) is 24.1 Å². The third-order valence-corrected chi connectivity index (χ3v) is 6.69. The van der Waals surface area contributed by atoms with Gasteiger partial charge in [0.05, 0.1) is 11.5 Å². The molecule has 1 saturated heterocycles. The second-order valence-electron chi connectivity index (χ2n) is 8.31. The second-order valence-corrected chi connectivity index (χ2v) is 10.2. The molecule has 4 amide bonds. The van der Waals surface area contributed by atoms with E-state index in [1.807, 2.05) is 0 Å². The fourth-order valence-corrected chi connectivity index (χ4v) is 4.83. The number of benzene rings is 3. The molecular formula is C28H23Cl2N3O6S. The number of thioether (sulfide) groups is 1. The highest BCUT2D eigenvalue weighted by Gasteiger charge is 2.36. The lowest BCUT2D eigenvalue weighted by Gasteiger charge is -2.13. The summed E-state index contributed by atoms with van der Waals surface area (Å²) >= 11 is 12.6. The molecule has 0 unspecified atom stereocenters. The van der Waals surface area contributed by atoms with Crippen molar-refractivity contribution < 1.29 is 28.7 Å². The molecule has 4 rings (SSSR count). The largest absolute Gasteiger partial charge is 0.490 e. The number of nitrogens with zero attached hydrogens (tertiary/aromatic N) is 1. The van der Waals surface area contributed by atoms with Crippen LogP contribution in [-0.2, 0) is 14.4 Å². The molecule has 206 valence electrons. The Balaban J connectivity index is 1.40. The van der Waals surface area contributed by atoms with Gasteiger partial charge in [-0.1, -0.05) is 41.4 Å². The van der Waals surface area contributed by atoms with E-state index in [1.54, 1.807) is 73.7 Å². The van der Waals surface area contributed by atoms with Crippen molar-refractivity contribution in [2.24, 2.45) is 0 Å². The van der Waals surface area contributed by atoms with Crippen molar-refractivity contribution in [2.75, 3.05) is 30.4 Å². The Morgan fingerprint density at radius 2 is 1.52 bits per heavy atom. The third-order valence-electron chi connectivity index (χ3n) is 5.32. The molecule has 9 nitrogen and oxygen atoms in total. The number of hydrogen-bond acceptors (Lipinski definition) is 7. The highest BCUT2D eigenvalue weighted by molar-refractivity contribution is 8.18. The molecule has 1 fully saturated rings. The lowest BCUT2D eigenvalue weighted by Crippen LogP contribution is -2.36. The van der Waals surface area contributed by atoms with E-state index in [9.17, 15) is 19.2 Å². The van der Waals surface area contributed by atoms with E-state index >= 15 is 0 Å². The van der Waals surface area contributed by atoms with Crippen LogP contribution in [0.25, 0.3) is 6.08 Å². The maximum absolute atomic E-state index is 12.9. The normalized spacial score (nSPS) is 13.9. The van der Waals surface area contributed by atoms with Crippen molar-refractivity contribution in [3.63, 3.8) is 0 Å². The van der Waals surface area contributed by atoms with Gasteiger partial charge in [0, 0.05) is 21.4 Å². The van der Waals surface area contributed by atoms with Crippen LogP contribution in [0.15, 0.2) is 71.6 Å². The van der Waals surface area contributed by atoms with Gasteiger partial charge < -0.3 is 20.1 Å². The standard InChI is InChI=1S/C28H23Cl2N3O6S/c1-2-38-23-11-17(9-10-22(23)39-16-26(35)32-21-8-4-6-19(30)14-21)12-24-27(36)33(28(37)40-24)15-25(34)31-20-7-3-5-18(29)13-20/h3-14H,2,15-16H2,1H3,(H,31,34)(H,32,35)/b24-12+. The van der Waals surface area contributed by atoms with Crippen molar-refractivity contribution in [3.8, 4) is 11.5 Å². The molecule has 0 radical (unpaired) electrons. The molecule has 2 N–H and O–H groups in total. The Bertz CT molecular complexity index is 1500. The van der Waals surface area contributed by atoms with Gasteiger partial charge in [0.25, 0.3) is 17.1 Å². The second kappa shape index (κ2) is 13.4. The van der Waals surface area contributed by atoms with E-state index in [-0.39, 0.29) is 17.4 Å². The zero-order valence-electron chi connectivity index (χ0n) is 21.1. The maximum Gasteiger partial charge on any atom is 0.294 e. The molecule has 1 aliphatic rings. The van der Waals surface area contributed by atoms with Gasteiger partial charge in [-0.15, -0.1) is 0 Å². The molecule has 40 heavy (non-hydrogen) atoms. The van der Waals surface area contributed by atoms with Crippen LogP contribution in [0.3, 0.4) is 0 Å². The molecule has 3 aromatic carbocycles. The van der Waals surface area contributed by atoms with E-state index in [0.29, 0.717) is 45.1 Å². The van der Waals surface area contributed by atoms with Crippen molar-refractivity contribution in [1.82, 2.24) is 4.90 Å². The lowest BCUT2D eigenvalue weighted by molar-refractivity contribution is -0.127. The monoisotopic (exact) mass is 599 g/mol. The predicted molar refractivity (Wildman–Crippen MR) is 156 cm³/mol. The van der Waals surface area contributed by atoms with Crippen LogP contribution in [0.1, 0.15) is 12.5 Å². The quantitative estimate of drug-likeness (QED) is 0.271. The fourth-order valence-electron chi connectivity index (χ4n) is 3.61. The van der Waals surface area contributed by atoms with Crippen molar-refractivity contribution in [3.05, 3.63) is 87.2 Å². The minimum Gasteiger partial charge on any atom is -0.490 e. The Labute approximate surface area is 244 Å². The van der Waals surface area contributed by atoms with E-state index in [1.165, 1.54) is 6.08 Å². The van der Waals surface area contributed by atoms with Gasteiger partial charge in [0.1, 0.15) is 6.54 Å². The maximum atomic E-state index is 12.9. The molecular weight excluding hydrogens is 577 g/mol. The van der Waals surface area contributed by atoms with Crippen LogP contribution in [0, 0.1) is 0 Å². The lowest BCUT2D eigenvalue weighted by atomic mass is 10.2. The highest BCUT2D eigenvalue weighted by Crippen LogP contribution is 2.34. The molecule has 1 aliphatic heterocycles. The summed E-state index contributed by atoms with van der Waals surface area (Å²) in [6.07, 6.45) is 1.53. The molecule has 0 atom stereocenters. The predicted octanol–water partition coefficient (Wildman–Crippen LogP) is 6.08. The summed E-state index contributed by atoms with van der Waals surface area (Å²) in [5, 5.41) is 5.68. The summed E-state index contributed by atoms with van der Waals surface area (Å²) in [5.41, 5.74) is 1.55. The molecule has 3 aromatic rings. The number of hydrogen-bond donors (Lipinski definition) is 2. The Hall–Kier alpha value is -3.99. The molecule has 0 aromatic heterocycles. The van der Waals surface area contributed by atoms with Gasteiger partial charge in [0.15, 0.2) is 18.1 Å². The van der Waals surface area contributed by atoms with Crippen molar-refractivity contribution >= 4 is 75.4 Å². The Kier molecular flexibility index (Phi) is 9.70. The smallest absolute Gasteiger partial charge is 0.294 e. The SMILES string of the molecule is CCOc1cc(/C=C2/SC(=O)N(CC(=O)Nc3cccc(Cl)c3)C2=O)ccc1OCC(=O)Nc1cccc(Cl)c1. The van der Waals surface area contributed by atoms with Gasteiger partial charge >= 0.3 is 0 Å². The Morgan fingerprint density at radius 1 is 0.875 bits per heavy atom. The number of halogens is 2. The van der Waals surface area contributed by atoms with Gasteiger partial charge in [0.2, 0.25) is 5.91 Å². The van der Waals surface area contributed by atoms with Gasteiger partial charge in [-0.25, -0.2) is 0 Å². The third kappa shape index (κ3) is 7.78. The zero-order valence-corrected chi connectivity index (χ0v) is 23.4. The van der Waals surface area contributed by atoms with E-state index in [0.717, 1.165) is 16.7 Å². The molecule has 0 spiro atoms. The topological polar surface area (TPSA) is 114 Å². The number of amides is 4. The first-order chi connectivity index (χ1) is 19.2. The fraction of sp³-hybridized carbons (Fsp3) is 0.143. The molecule has 12 heteroatoms. The number of rotatable bonds is 10. The van der Waals surface area contributed by atoms with Crippen LogP contribution in [0.5, 0.6) is 11.5 Å². The summed E-state index contributed by atoms with van der Waals surface area (Å²) in [6, 6.07) is 18.2. The van der Waals surface area contributed by atoms with Crippen LogP contribution in [0.4, 0.5) is 16.2 Å². The Morgan fingerprint density at radius 3 is 2.15 bits per heavy atom. The average molecular weight is 600 g/mol. The first-order valence-corrected chi connectivity index (χ1v) is 13.5. The van der Waals surface area contributed by atoms with Crippen LogP contribution in [-0.4, -0.2) is 47.6 Å². The van der Waals surface area contributed by atoms with E-state index in [4.69, 9.17) is 32.7 Å². The molecule has 0 saturated carbocycles. The van der Waals surface area contributed by atoms with Gasteiger partial charge in [-0.05, 0) is 78.9 Å². The van der Waals surface area contributed by atoms with Crippen LogP contribution >= 0.6 is 35.0 Å². The number of carbonyl (C=O) groups is 4. The van der Waals surface area contributed by atoms with Crippen LogP contribution < -0.4 is 20.1 Å². The zero-order chi connectivity index (χ0) is 28.6. The number of carbonyl (C=O) groups excluding carboxylic acids is 4. The summed E-state index contributed by atoms with van der Waals surface area (Å²) in [4.78, 5) is 51.1. The summed E-state index contributed by atoms with van der Waals surface area (Å²) in [7, 11) is 0. The molecule has 0 aliphatic carbocycles. The minimum absolute atomic E-state index is 0.151. The number of ether oxygens (including phenoxy) is 2. The summed E-state index contributed by atoms with van der Waals surface area (Å²) in [6.45, 7) is 1.40. The minimum atomic E-state index is -0.591. The van der Waals surface area contributed by atoms with Crippen molar-refractivity contribution in [2.45, 2.75) is 6.92 Å². The molecule has 0 bridgehead atoms. The van der Waals surface area contributed by atoms with E-state index in [2.05, 4.69) is 10.6 Å². The number of anilines is 2. The highest BCUT2D eigenvalue weighted by atomic mass is 35.5. The summed E-state index contributed by atoms with van der Waals surface area (Å²) < 4.78 is 11.3. The van der Waals surface area contributed by atoms with Gasteiger partial charge in [-0.2, -0.15) is 0 Å². The van der Waals surface area contributed by atoms with E-state index < -0.39 is 23.6 Å². The first-order valence-electron chi connectivity index (χ1n) is 12.0. The number of imide groups is 1.